The molecule has 0 fully saturated rings. The van der Waals surface area contributed by atoms with Crippen LogP contribution in [-0.4, -0.2) is 4.98 Å². The van der Waals surface area contributed by atoms with Crippen molar-refractivity contribution >= 4 is 48.8 Å². The molecule has 2 aromatic heterocycles. The Labute approximate surface area is 81.2 Å². The molecule has 0 saturated heterocycles. The van der Waals surface area contributed by atoms with Crippen molar-refractivity contribution in [3.05, 3.63) is 13.7 Å². The summed E-state index contributed by atoms with van der Waals surface area (Å²) in [6, 6.07) is 0. The van der Waals surface area contributed by atoms with Gasteiger partial charge in [-0.15, -0.1) is 22.7 Å². The van der Waals surface area contributed by atoms with Crippen LogP contribution in [0.5, 0.6) is 0 Å². The van der Waals surface area contributed by atoms with E-state index in [9.17, 15) is 0 Å². The minimum Gasteiger partial charge on any atom is -0.240 e. The van der Waals surface area contributed by atoms with Crippen LogP contribution in [-0.2, 0) is 0 Å². The summed E-state index contributed by atoms with van der Waals surface area (Å²) in [6.45, 7) is 4.15. The average molecular weight is 248 g/mol. The van der Waals surface area contributed by atoms with Crippen LogP contribution in [0.1, 0.15) is 9.88 Å². The summed E-state index contributed by atoms with van der Waals surface area (Å²) < 4.78 is 2.51. The fourth-order valence-corrected chi connectivity index (χ4v) is 4.01. The lowest BCUT2D eigenvalue weighted by atomic mass is 10.4. The monoisotopic (exact) mass is 247 g/mol. The first kappa shape index (κ1) is 7.71. The van der Waals surface area contributed by atoms with E-state index in [2.05, 4.69) is 27.8 Å². The number of hydrogen-bond donors (Lipinski definition) is 0. The van der Waals surface area contributed by atoms with E-state index in [4.69, 9.17) is 0 Å². The lowest BCUT2D eigenvalue weighted by molar-refractivity contribution is 1.34. The second-order valence-electron chi connectivity index (χ2n) is 2.34. The first-order valence-corrected chi connectivity index (χ1v) is 5.63. The van der Waals surface area contributed by atoms with E-state index in [1.165, 1.54) is 18.9 Å². The summed E-state index contributed by atoms with van der Waals surface area (Å²) in [4.78, 5) is 5.73. The molecular weight excluding hydrogens is 242 g/mol. The molecule has 11 heavy (non-hydrogen) atoms. The van der Waals surface area contributed by atoms with Crippen molar-refractivity contribution in [3.63, 3.8) is 0 Å². The maximum absolute atomic E-state index is 4.43. The minimum atomic E-state index is 1.15. The zero-order valence-electron chi connectivity index (χ0n) is 6.14. The molecule has 0 aliphatic carbocycles. The van der Waals surface area contributed by atoms with Crippen LogP contribution in [0.3, 0.4) is 0 Å². The zero-order valence-corrected chi connectivity index (χ0v) is 9.36. The van der Waals surface area contributed by atoms with Crippen LogP contribution in [0.2, 0.25) is 0 Å². The number of fused-ring (bicyclic) bond motifs is 1. The lowest BCUT2D eigenvalue weighted by Gasteiger charge is -1.78. The topological polar surface area (TPSA) is 12.9 Å². The predicted octanol–water partition coefficient (Wildman–Crippen LogP) is 3.74. The van der Waals surface area contributed by atoms with E-state index in [0.717, 1.165) is 5.01 Å². The number of aryl methyl sites for hydroxylation is 2. The molecule has 0 bridgehead atoms. The fraction of sp³-hybridized carbons (Fsp3) is 0.286. The van der Waals surface area contributed by atoms with Crippen molar-refractivity contribution in [2.45, 2.75) is 13.8 Å². The Kier molecular flexibility index (Phi) is 1.78. The number of nitrogens with zero attached hydrogens (tertiary/aromatic N) is 1. The molecule has 0 saturated carbocycles. The van der Waals surface area contributed by atoms with Crippen molar-refractivity contribution in [3.8, 4) is 0 Å². The SMILES string of the molecule is Cc1nc2c(C)sc(Br)c2s1. The number of rotatable bonds is 0. The van der Waals surface area contributed by atoms with E-state index in [0.29, 0.717) is 0 Å². The van der Waals surface area contributed by atoms with Crippen LogP contribution < -0.4 is 0 Å². The molecule has 0 N–H and O–H groups in total. The predicted molar refractivity (Wildman–Crippen MR) is 54.7 cm³/mol. The third-order valence-electron chi connectivity index (χ3n) is 1.49. The number of thiazole rings is 1. The molecule has 0 amide bonds. The quantitative estimate of drug-likeness (QED) is 0.692. The van der Waals surface area contributed by atoms with Crippen molar-refractivity contribution in [2.75, 3.05) is 0 Å². The van der Waals surface area contributed by atoms with Gasteiger partial charge in [-0.2, -0.15) is 0 Å². The first-order valence-electron chi connectivity index (χ1n) is 3.20. The first-order chi connectivity index (χ1) is 5.18. The van der Waals surface area contributed by atoms with Gasteiger partial charge >= 0.3 is 0 Å². The van der Waals surface area contributed by atoms with Crippen LogP contribution in [0, 0.1) is 13.8 Å². The van der Waals surface area contributed by atoms with Gasteiger partial charge in [0.1, 0.15) is 0 Å². The molecule has 0 atom stereocenters. The summed E-state index contributed by atoms with van der Waals surface area (Å²) in [5, 5.41) is 1.15. The Morgan fingerprint density at radius 1 is 1.27 bits per heavy atom. The molecule has 0 unspecified atom stereocenters. The van der Waals surface area contributed by atoms with Crippen molar-refractivity contribution in [2.24, 2.45) is 0 Å². The highest BCUT2D eigenvalue weighted by Gasteiger charge is 2.09. The molecule has 1 nitrogen and oxygen atoms in total. The largest absolute Gasteiger partial charge is 0.240 e. The Bertz CT molecular complexity index is 367. The molecule has 0 aliphatic rings. The van der Waals surface area contributed by atoms with E-state index in [-0.39, 0.29) is 0 Å². The van der Waals surface area contributed by atoms with E-state index in [1.807, 2.05) is 6.92 Å². The van der Waals surface area contributed by atoms with Crippen LogP contribution in [0.4, 0.5) is 0 Å². The number of halogens is 1. The van der Waals surface area contributed by atoms with Gasteiger partial charge in [0.05, 0.1) is 19.0 Å². The Hall–Kier alpha value is 0.0700. The second-order valence-corrected chi connectivity index (χ2v) is 6.09. The number of aromatic nitrogens is 1. The molecule has 4 heteroatoms. The summed E-state index contributed by atoms with van der Waals surface area (Å²) >= 11 is 7.03. The summed E-state index contributed by atoms with van der Waals surface area (Å²) in [7, 11) is 0. The van der Waals surface area contributed by atoms with Gasteiger partial charge in [0, 0.05) is 4.88 Å². The molecule has 0 aliphatic heterocycles. The van der Waals surface area contributed by atoms with Gasteiger partial charge in [0.25, 0.3) is 0 Å². The highest BCUT2D eigenvalue weighted by Crippen LogP contribution is 2.37. The highest BCUT2D eigenvalue weighted by molar-refractivity contribution is 9.11. The Morgan fingerprint density at radius 2 is 2.00 bits per heavy atom. The maximum Gasteiger partial charge on any atom is 0.0963 e. The average Bonchev–Trinajstić information content (AvgIpc) is 2.38. The summed E-state index contributed by atoms with van der Waals surface area (Å²) in [6.07, 6.45) is 0. The van der Waals surface area contributed by atoms with Crippen LogP contribution in [0.25, 0.3) is 10.2 Å². The molecule has 2 heterocycles. The van der Waals surface area contributed by atoms with Crippen molar-refractivity contribution in [1.82, 2.24) is 4.98 Å². The molecular formula is C7H6BrNS2. The Balaban J connectivity index is 2.92. The van der Waals surface area contributed by atoms with Gasteiger partial charge < -0.3 is 0 Å². The highest BCUT2D eigenvalue weighted by atomic mass is 79.9. The van der Waals surface area contributed by atoms with E-state index in [1.54, 1.807) is 22.7 Å². The summed E-state index contributed by atoms with van der Waals surface area (Å²) in [5.74, 6) is 0. The van der Waals surface area contributed by atoms with Gasteiger partial charge in [-0.1, -0.05) is 0 Å². The molecule has 0 spiro atoms. The normalized spacial score (nSPS) is 11.2. The fourth-order valence-electron chi connectivity index (χ4n) is 1.03. The van der Waals surface area contributed by atoms with E-state index >= 15 is 0 Å². The smallest absolute Gasteiger partial charge is 0.0963 e. The maximum atomic E-state index is 4.43. The number of thiophene rings is 1. The van der Waals surface area contributed by atoms with Gasteiger partial charge in [-0.3, -0.25) is 0 Å². The van der Waals surface area contributed by atoms with Crippen molar-refractivity contribution in [1.29, 1.82) is 0 Å². The third kappa shape index (κ3) is 1.13. The molecule has 2 aromatic rings. The van der Waals surface area contributed by atoms with Gasteiger partial charge in [0.15, 0.2) is 0 Å². The lowest BCUT2D eigenvalue weighted by Crippen LogP contribution is -1.66. The molecule has 0 aromatic carbocycles. The van der Waals surface area contributed by atoms with Crippen molar-refractivity contribution < 1.29 is 0 Å². The minimum absolute atomic E-state index is 1.15. The zero-order chi connectivity index (χ0) is 8.01. The van der Waals surface area contributed by atoms with Crippen LogP contribution >= 0.6 is 38.6 Å². The van der Waals surface area contributed by atoms with Gasteiger partial charge in [-0.05, 0) is 29.8 Å². The standard InChI is InChI=1S/C7H6BrNS2/c1-3-5-6(7(8)10-3)11-4(2)9-5/h1-2H3. The van der Waals surface area contributed by atoms with Gasteiger partial charge in [0.2, 0.25) is 0 Å². The Morgan fingerprint density at radius 3 is 2.64 bits per heavy atom. The van der Waals surface area contributed by atoms with Crippen LogP contribution in [0.15, 0.2) is 3.79 Å². The molecule has 58 valence electrons. The molecule has 0 radical (unpaired) electrons. The summed E-state index contributed by atoms with van der Waals surface area (Å²) in [5.41, 5.74) is 1.17. The van der Waals surface area contributed by atoms with E-state index < -0.39 is 0 Å². The number of hydrogen-bond acceptors (Lipinski definition) is 3. The second kappa shape index (κ2) is 2.54. The van der Waals surface area contributed by atoms with Gasteiger partial charge in [-0.25, -0.2) is 4.98 Å². The third-order valence-corrected chi connectivity index (χ3v) is 4.63. The molecule has 2 rings (SSSR count).